The lowest BCUT2D eigenvalue weighted by Gasteiger charge is -2.39. The minimum Gasteiger partial charge on any atom is -0.376 e. The van der Waals surface area contributed by atoms with E-state index in [4.69, 9.17) is 4.74 Å². The van der Waals surface area contributed by atoms with Gasteiger partial charge in [0.2, 0.25) is 0 Å². The number of hydrogen-bond acceptors (Lipinski definition) is 1. The summed E-state index contributed by atoms with van der Waals surface area (Å²) in [5, 5.41) is 0. The van der Waals surface area contributed by atoms with Gasteiger partial charge in [-0.3, -0.25) is 0 Å². The van der Waals surface area contributed by atoms with Crippen LogP contribution >= 0.6 is 0 Å². The molecule has 2 atom stereocenters. The number of benzene rings is 1. The second-order valence-corrected chi connectivity index (χ2v) is 6.08. The van der Waals surface area contributed by atoms with Gasteiger partial charge in [0.25, 0.3) is 0 Å². The first-order valence-corrected chi connectivity index (χ1v) is 7.01. The van der Waals surface area contributed by atoms with Gasteiger partial charge in [-0.15, -0.1) is 0 Å². The van der Waals surface area contributed by atoms with Gasteiger partial charge < -0.3 is 4.74 Å². The highest BCUT2D eigenvalue weighted by Gasteiger charge is 2.33. The van der Waals surface area contributed by atoms with E-state index in [-0.39, 0.29) is 11.5 Å². The van der Waals surface area contributed by atoms with Gasteiger partial charge in [-0.25, -0.2) is 8.78 Å². The van der Waals surface area contributed by atoms with Gasteiger partial charge in [0.05, 0.1) is 5.60 Å². The summed E-state index contributed by atoms with van der Waals surface area (Å²) in [5.74, 6) is -0.345. The molecule has 0 aromatic heterocycles. The summed E-state index contributed by atoms with van der Waals surface area (Å²) in [6, 6.07) is 3.88. The van der Waals surface area contributed by atoms with Crippen molar-refractivity contribution < 1.29 is 13.5 Å². The van der Waals surface area contributed by atoms with Crippen molar-refractivity contribution >= 4 is 0 Å². The molecule has 0 radical (unpaired) electrons. The fourth-order valence-electron chi connectivity index (χ4n) is 3.25. The number of rotatable bonds is 3. The minimum absolute atomic E-state index is 0.137. The van der Waals surface area contributed by atoms with Gasteiger partial charge in [0.1, 0.15) is 11.6 Å². The van der Waals surface area contributed by atoms with Crippen LogP contribution in [-0.2, 0) is 4.74 Å². The molecule has 1 fully saturated rings. The molecule has 3 heteroatoms. The molecule has 1 aliphatic rings. The zero-order chi connectivity index (χ0) is 14.0. The van der Waals surface area contributed by atoms with Crippen LogP contribution in [0.15, 0.2) is 18.2 Å². The van der Waals surface area contributed by atoms with E-state index < -0.39 is 11.6 Å². The zero-order valence-electron chi connectivity index (χ0n) is 11.9. The van der Waals surface area contributed by atoms with Crippen LogP contribution < -0.4 is 0 Å². The third-order valence-corrected chi connectivity index (χ3v) is 4.06. The van der Waals surface area contributed by atoms with E-state index in [2.05, 4.69) is 20.8 Å². The molecule has 0 aliphatic carbocycles. The molecule has 2 rings (SSSR count). The molecule has 1 saturated heterocycles. The van der Waals surface area contributed by atoms with Gasteiger partial charge in [0.15, 0.2) is 0 Å². The first-order valence-electron chi connectivity index (χ1n) is 7.01. The average Bonchev–Trinajstić information content (AvgIpc) is 2.27. The minimum atomic E-state index is -0.486. The van der Waals surface area contributed by atoms with E-state index in [0.717, 1.165) is 37.5 Å². The Hall–Kier alpha value is -0.960. The molecule has 1 aliphatic heterocycles. The summed E-state index contributed by atoms with van der Waals surface area (Å²) in [5.41, 5.74) is 0.644. The summed E-state index contributed by atoms with van der Waals surface area (Å²) >= 11 is 0. The summed E-state index contributed by atoms with van der Waals surface area (Å²) < 4.78 is 32.5. The Morgan fingerprint density at radius 2 is 1.89 bits per heavy atom. The van der Waals surface area contributed by atoms with Crippen molar-refractivity contribution in [1.29, 1.82) is 0 Å². The molecule has 1 aromatic rings. The van der Waals surface area contributed by atoms with Crippen LogP contribution in [0.25, 0.3) is 0 Å². The lowest BCUT2D eigenvalue weighted by atomic mass is 9.75. The van der Waals surface area contributed by atoms with Crippen LogP contribution in [0.1, 0.15) is 51.5 Å². The number of hydrogen-bond donors (Lipinski definition) is 0. The Labute approximate surface area is 114 Å². The SMILES string of the molecule is CC[C@H](c1cc(F)cc(F)c1)[C@H]1CCOC(C)(C)C1. The van der Waals surface area contributed by atoms with Crippen LogP contribution in [0.2, 0.25) is 0 Å². The Bertz CT molecular complexity index is 422. The first-order chi connectivity index (χ1) is 8.91. The summed E-state index contributed by atoms with van der Waals surface area (Å²) in [7, 11) is 0. The van der Waals surface area contributed by atoms with Gasteiger partial charge in [-0.05, 0) is 62.6 Å². The summed E-state index contributed by atoms with van der Waals surface area (Å²) in [4.78, 5) is 0. The first kappa shape index (κ1) is 14.4. The van der Waals surface area contributed by atoms with Crippen molar-refractivity contribution in [1.82, 2.24) is 0 Å². The van der Waals surface area contributed by atoms with Crippen molar-refractivity contribution in [2.45, 2.75) is 51.6 Å². The molecular weight excluding hydrogens is 246 g/mol. The largest absolute Gasteiger partial charge is 0.376 e. The average molecular weight is 268 g/mol. The maximum Gasteiger partial charge on any atom is 0.126 e. The van der Waals surface area contributed by atoms with E-state index in [0.29, 0.717) is 5.92 Å². The molecule has 0 spiro atoms. The Balaban J connectivity index is 2.23. The molecule has 0 N–H and O–H groups in total. The molecule has 1 aromatic carbocycles. The maximum absolute atomic E-state index is 13.4. The van der Waals surface area contributed by atoms with E-state index in [1.165, 1.54) is 12.1 Å². The zero-order valence-corrected chi connectivity index (χ0v) is 11.9. The fraction of sp³-hybridized carbons (Fsp3) is 0.625. The van der Waals surface area contributed by atoms with Crippen molar-refractivity contribution in [3.63, 3.8) is 0 Å². The maximum atomic E-state index is 13.4. The molecule has 0 amide bonds. The summed E-state index contributed by atoms with van der Waals surface area (Å²) in [6.07, 6.45) is 2.79. The van der Waals surface area contributed by atoms with Crippen LogP contribution in [0.3, 0.4) is 0 Å². The van der Waals surface area contributed by atoms with Gasteiger partial charge in [0, 0.05) is 12.7 Å². The monoisotopic (exact) mass is 268 g/mol. The molecule has 0 bridgehead atoms. The van der Waals surface area contributed by atoms with Crippen molar-refractivity contribution in [2.24, 2.45) is 5.92 Å². The van der Waals surface area contributed by atoms with Crippen molar-refractivity contribution in [3.05, 3.63) is 35.4 Å². The number of ether oxygens (including phenoxy) is 1. The number of halogens is 2. The van der Waals surface area contributed by atoms with Crippen LogP contribution in [0.5, 0.6) is 0 Å². The van der Waals surface area contributed by atoms with Gasteiger partial charge in [-0.2, -0.15) is 0 Å². The molecule has 0 saturated carbocycles. The fourth-order valence-corrected chi connectivity index (χ4v) is 3.25. The van der Waals surface area contributed by atoms with Crippen LogP contribution in [0, 0.1) is 17.6 Å². The molecule has 19 heavy (non-hydrogen) atoms. The van der Waals surface area contributed by atoms with E-state index in [1.54, 1.807) is 0 Å². The second kappa shape index (κ2) is 5.58. The van der Waals surface area contributed by atoms with Gasteiger partial charge >= 0.3 is 0 Å². The predicted molar refractivity (Wildman–Crippen MR) is 72.1 cm³/mol. The third kappa shape index (κ3) is 3.53. The van der Waals surface area contributed by atoms with Crippen LogP contribution in [-0.4, -0.2) is 12.2 Å². The molecular formula is C16H22F2O. The Morgan fingerprint density at radius 1 is 1.26 bits per heavy atom. The highest BCUT2D eigenvalue weighted by molar-refractivity contribution is 5.23. The molecule has 0 unspecified atom stereocenters. The van der Waals surface area contributed by atoms with E-state index in [9.17, 15) is 8.78 Å². The molecule has 106 valence electrons. The predicted octanol–water partition coefficient (Wildman–Crippen LogP) is 4.66. The normalized spacial score (nSPS) is 24.2. The van der Waals surface area contributed by atoms with Gasteiger partial charge in [-0.1, -0.05) is 6.92 Å². The standard InChI is InChI=1S/C16H22F2O/c1-4-15(11-5-6-19-16(2,3)10-11)12-7-13(17)9-14(18)8-12/h7-9,11,15H,4-6,10H2,1-3H3/t11-,15-/m0/s1. The van der Waals surface area contributed by atoms with Crippen LogP contribution in [0.4, 0.5) is 8.78 Å². The second-order valence-electron chi connectivity index (χ2n) is 6.08. The van der Waals surface area contributed by atoms with E-state index in [1.807, 2.05) is 0 Å². The molecule has 1 heterocycles. The van der Waals surface area contributed by atoms with E-state index >= 15 is 0 Å². The smallest absolute Gasteiger partial charge is 0.126 e. The topological polar surface area (TPSA) is 9.23 Å². The Kier molecular flexibility index (Phi) is 4.24. The lowest BCUT2D eigenvalue weighted by molar-refractivity contribution is -0.0770. The lowest BCUT2D eigenvalue weighted by Crippen LogP contribution is -2.36. The van der Waals surface area contributed by atoms with Crippen molar-refractivity contribution in [3.8, 4) is 0 Å². The quantitative estimate of drug-likeness (QED) is 0.774. The Morgan fingerprint density at radius 3 is 2.42 bits per heavy atom. The third-order valence-electron chi connectivity index (χ3n) is 4.06. The highest BCUT2D eigenvalue weighted by Crippen LogP contribution is 2.40. The molecule has 1 nitrogen and oxygen atoms in total. The van der Waals surface area contributed by atoms with Crippen molar-refractivity contribution in [2.75, 3.05) is 6.61 Å². The highest BCUT2D eigenvalue weighted by atomic mass is 19.1. The summed E-state index contributed by atoms with van der Waals surface area (Å²) in [6.45, 7) is 6.97.